The fraction of sp³-hybridized carbons (Fsp3) is 0.211. The monoisotopic (exact) mass is 382 g/mol. The molecule has 0 aliphatic carbocycles. The average molecular weight is 382 g/mol. The van der Waals surface area contributed by atoms with E-state index in [0.29, 0.717) is 29.0 Å². The molecule has 0 saturated heterocycles. The smallest absolute Gasteiger partial charge is 0.237 e. The van der Waals surface area contributed by atoms with Crippen LogP contribution in [0.3, 0.4) is 0 Å². The lowest BCUT2D eigenvalue weighted by molar-refractivity contribution is 0.389. The van der Waals surface area contributed by atoms with Crippen LogP contribution in [0, 0.1) is 6.92 Å². The summed E-state index contributed by atoms with van der Waals surface area (Å²) >= 11 is 1.51. The number of ether oxygens (including phenoxy) is 2. The van der Waals surface area contributed by atoms with Gasteiger partial charge in [-0.05, 0) is 42.8 Å². The molecule has 138 valence electrons. The van der Waals surface area contributed by atoms with Gasteiger partial charge in [0.15, 0.2) is 5.16 Å². The molecule has 8 heteroatoms. The number of nitrogens with one attached hydrogen (secondary N) is 1. The van der Waals surface area contributed by atoms with Crippen LogP contribution < -0.4 is 9.47 Å². The summed E-state index contributed by atoms with van der Waals surface area (Å²) in [6.07, 6.45) is 0. The van der Waals surface area contributed by atoms with Crippen LogP contribution in [0.25, 0.3) is 22.4 Å². The van der Waals surface area contributed by atoms with Gasteiger partial charge in [0.2, 0.25) is 11.7 Å². The number of thioether (sulfide) groups is 1. The minimum absolute atomic E-state index is 0.460. The summed E-state index contributed by atoms with van der Waals surface area (Å²) < 4.78 is 16.0. The maximum Gasteiger partial charge on any atom is 0.237 e. The largest absolute Gasteiger partial charge is 0.497 e. The van der Waals surface area contributed by atoms with Gasteiger partial charge in [0.1, 0.15) is 11.5 Å². The zero-order valence-electron chi connectivity index (χ0n) is 15.1. The molecule has 2 aromatic carbocycles. The number of imidazole rings is 1. The first-order valence-corrected chi connectivity index (χ1v) is 9.29. The summed E-state index contributed by atoms with van der Waals surface area (Å²) in [6.45, 7) is 2.06. The Kier molecular flexibility index (Phi) is 4.72. The van der Waals surface area contributed by atoms with Crippen molar-refractivity contribution in [3.05, 3.63) is 47.9 Å². The van der Waals surface area contributed by atoms with E-state index in [4.69, 9.17) is 14.0 Å². The van der Waals surface area contributed by atoms with E-state index >= 15 is 0 Å². The van der Waals surface area contributed by atoms with Crippen LogP contribution >= 0.6 is 11.8 Å². The Balaban J connectivity index is 1.52. The maximum absolute atomic E-state index is 5.39. The SMILES string of the molecule is COc1ccc(OC)c(-c2noc(CSc3nc4ccc(C)cc4[nH]3)n2)c1. The normalized spacial score (nSPS) is 11.1. The first-order valence-electron chi connectivity index (χ1n) is 8.30. The number of H-pyrrole nitrogens is 1. The Bertz CT molecular complexity index is 1090. The van der Waals surface area contributed by atoms with Crippen molar-refractivity contribution in [2.24, 2.45) is 0 Å². The van der Waals surface area contributed by atoms with Gasteiger partial charge in [-0.2, -0.15) is 4.98 Å². The first kappa shape index (κ1) is 17.4. The summed E-state index contributed by atoms with van der Waals surface area (Å²) in [5, 5.41) is 4.89. The second-order valence-corrected chi connectivity index (χ2v) is 6.89. The van der Waals surface area contributed by atoms with Gasteiger partial charge in [-0.3, -0.25) is 0 Å². The number of benzene rings is 2. The molecule has 4 rings (SSSR count). The maximum atomic E-state index is 5.39. The highest BCUT2D eigenvalue weighted by atomic mass is 32.2. The standard InChI is InChI=1S/C19H18N4O3S/c1-11-4-6-14-15(8-11)21-19(20-14)27-10-17-22-18(23-26-17)13-9-12(24-2)5-7-16(13)25-3/h4-9H,10H2,1-3H3,(H,20,21). The van der Waals surface area contributed by atoms with E-state index < -0.39 is 0 Å². The van der Waals surface area contributed by atoms with Gasteiger partial charge in [-0.15, -0.1) is 0 Å². The average Bonchev–Trinajstić information content (AvgIpc) is 3.32. The van der Waals surface area contributed by atoms with Gasteiger partial charge in [0.25, 0.3) is 0 Å². The predicted molar refractivity (Wildman–Crippen MR) is 103 cm³/mol. The fourth-order valence-corrected chi connectivity index (χ4v) is 3.43. The van der Waals surface area contributed by atoms with E-state index in [1.807, 2.05) is 30.3 Å². The lowest BCUT2D eigenvalue weighted by Crippen LogP contribution is -1.91. The van der Waals surface area contributed by atoms with Gasteiger partial charge in [-0.1, -0.05) is 23.0 Å². The minimum Gasteiger partial charge on any atom is -0.497 e. The Labute approximate surface area is 160 Å². The molecule has 4 aromatic rings. The number of aromatic nitrogens is 4. The van der Waals surface area contributed by atoms with E-state index in [0.717, 1.165) is 21.8 Å². The van der Waals surface area contributed by atoms with Crippen molar-refractivity contribution >= 4 is 22.8 Å². The Morgan fingerprint density at radius 2 is 1.96 bits per heavy atom. The van der Waals surface area contributed by atoms with Crippen molar-refractivity contribution < 1.29 is 14.0 Å². The molecule has 2 heterocycles. The van der Waals surface area contributed by atoms with Crippen LogP contribution in [-0.4, -0.2) is 34.3 Å². The third kappa shape index (κ3) is 3.61. The van der Waals surface area contributed by atoms with Crippen LogP contribution in [0.5, 0.6) is 11.5 Å². The van der Waals surface area contributed by atoms with Crippen molar-refractivity contribution in [2.75, 3.05) is 14.2 Å². The number of methoxy groups -OCH3 is 2. The molecule has 0 radical (unpaired) electrons. The van der Waals surface area contributed by atoms with E-state index in [1.54, 1.807) is 14.2 Å². The molecule has 0 amide bonds. The highest BCUT2D eigenvalue weighted by molar-refractivity contribution is 7.98. The van der Waals surface area contributed by atoms with Crippen molar-refractivity contribution in [1.82, 2.24) is 20.1 Å². The van der Waals surface area contributed by atoms with E-state index in [-0.39, 0.29) is 0 Å². The lowest BCUT2D eigenvalue weighted by Gasteiger charge is -2.07. The highest BCUT2D eigenvalue weighted by Crippen LogP contribution is 2.32. The van der Waals surface area contributed by atoms with Crippen molar-refractivity contribution in [3.8, 4) is 22.9 Å². The number of hydrogen-bond donors (Lipinski definition) is 1. The summed E-state index contributed by atoms with van der Waals surface area (Å²) in [6, 6.07) is 11.6. The summed E-state index contributed by atoms with van der Waals surface area (Å²) in [4.78, 5) is 12.3. The molecule has 0 bridgehead atoms. The van der Waals surface area contributed by atoms with Crippen molar-refractivity contribution in [2.45, 2.75) is 17.8 Å². The molecule has 0 spiro atoms. The molecule has 1 N–H and O–H groups in total. The van der Waals surface area contributed by atoms with Crippen LogP contribution in [0.2, 0.25) is 0 Å². The van der Waals surface area contributed by atoms with Gasteiger partial charge < -0.3 is 19.0 Å². The zero-order chi connectivity index (χ0) is 18.8. The number of hydrogen-bond acceptors (Lipinski definition) is 7. The third-order valence-electron chi connectivity index (χ3n) is 4.06. The van der Waals surface area contributed by atoms with E-state index in [2.05, 4.69) is 33.1 Å². The highest BCUT2D eigenvalue weighted by Gasteiger charge is 2.15. The van der Waals surface area contributed by atoms with Gasteiger partial charge in [0.05, 0.1) is 36.6 Å². The molecular weight excluding hydrogens is 364 g/mol. The molecule has 7 nitrogen and oxygen atoms in total. The molecule has 0 aliphatic rings. The van der Waals surface area contributed by atoms with Gasteiger partial charge >= 0.3 is 0 Å². The molecular formula is C19H18N4O3S. The summed E-state index contributed by atoms with van der Waals surface area (Å²) in [7, 11) is 3.21. The molecule has 27 heavy (non-hydrogen) atoms. The number of rotatable bonds is 6. The van der Waals surface area contributed by atoms with Crippen molar-refractivity contribution in [1.29, 1.82) is 0 Å². The van der Waals surface area contributed by atoms with Crippen LogP contribution in [0.15, 0.2) is 46.1 Å². The number of nitrogens with zero attached hydrogens (tertiary/aromatic N) is 3. The summed E-state index contributed by atoms with van der Waals surface area (Å²) in [5.41, 5.74) is 3.87. The molecule has 0 saturated carbocycles. The Morgan fingerprint density at radius 1 is 1.07 bits per heavy atom. The number of fused-ring (bicyclic) bond motifs is 1. The second kappa shape index (κ2) is 7.32. The van der Waals surface area contributed by atoms with Crippen LogP contribution in [0.4, 0.5) is 0 Å². The van der Waals surface area contributed by atoms with E-state index in [1.165, 1.54) is 17.3 Å². The zero-order valence-corrected chi connectivity index (χ0v) is 16.0. The molecule has 0 atom stereocenters. The van der Waals surface area contributed by atoms with E-state index in [9.17, 15) is 0 Å². The molecule has 0 fully saturated rings. The topological polar surface area (TPSA) is 86.1 Å². The molecule has 0 aliphatic heterocycles. The quantitative estimate of drug-likeness (QED) is 0.499. The lowest BCUT2D eigenvalue weighted by atomic mass is 10.2. The van der Waals surface area contributed by atoms with Crippen LogP contribution in [-0.2, 0) is 5.75 Å². The third-order valence-corrected chi connectivity index (χ3v) is 4.92. The van der Waals surface area contributed by atoms with Crippen LogP contribution in [0.1, 0.15) is 11.5 Å². The minimum atomic E-state index is 0.460. The van der Waals surface area contributed by atoms with Crippen molar-refractivity contribution in [3.63, 3.8) is 0 Å². The number of aromatic amines is 1. The first-order chi connectivity index (χ1) is 13.2. The predicted octanol–water partition coefficient (Wildman–Crippen LogP) is 4.23. The second-order valence-electron chi connectivity index (χ2n) is 5.93. The Hall–Kier alpha value is -3.00. The fourth-order valence-electron chi connectivity index (χ4n) is 2.71. The summed E-state index contributed by atoms with van der Waals surface area (Å²) in [5.74, 6) is 2.84. The Morgan fingerprint density at radius 3 is 2.78 bits per heavy atom. The number of aryl methyl sites for hydroxylation is 1. The molecule has 0 unspecified atom stereocenters. The van der Waals surface area contributed by atoms with Gasteiger partial charge in [0, 0.05) is 0 Å². The van der Waals surface area contributed by atoms with Gasteiger partial charge in [-0.25, -0.2) is 4.98 Å². The molecule has 2 aromatic heterocycles.